The molecule has 0 heterocycles. The molecule has 0 saturated carbocycles. The summed E-state index contributed by atoms with van der Waals surface area (Å²) in [5.74, 6) is -1.48. The van der Waals surface area contributed by atoms with Gasteiger partial charge < -0.3 is 15.2 Å². The number of aliphatic carboxylic acids is 1. The van der Waals surface area contributed by atoms with Gasteiger partial charge in [0.05, 0.1) is 5.56 Å². The van der Waals surface area contributed by atoms with Crippen LogP contribution in [0.4, 0.5) is 18.0 Å². The van der Waals surface area contributed by atoms with E-state index in [-0.39, 0.29) is 18.9 Å². The van der Waals surface area contributed by atoms with Gasteiger partial charge in [0.15, 0.2) is 0 Å². The van der Waals surface area contributed by atoms with Crippen molar-refractivity contribution < 1.29 is 32.6 Å². The molecular formula is C31H24F3NO4. The van der Waals surface area contributed by atoms with Gasteiger partial charge in [-0.2, -0.15) is 13.2 Å². The van der Waals surface area contributed by atoms with Crippen molar-refractivity contribution in [1.29, 1.82) is 0 Å². The Morgan fingerprint density at radius 3 is 2.03 bits per heavy atom. The van der Waals surface area contributed by atoms with Gasteiger partial charge in [-0.3, -0.25) is 0 Å². The van der Waals surface area contributed by atoms with Crippen molar-refractivity contribution in [3.63, 3.8) is 0 Å². The van der Waals surface area contributed by atoms with E-state index >= 15 is 0 Å². The highest BCUT2D eigenvalue weighted by atomic mass is 19.4. The third-order valence-corrected chi connectivity index (χ3v) is 6.88. The number of halogens is 3. The highest BCUT2D eigenvalue weighted by molar-refractivity contribution is 5.82. The predicted molar refractivity (Wildman–Crippen MR) is 140 cm³/mol. The van der Waals surface area contributed by atoms with Crippen LogP contribution in [0.3, 0.4) is 0 Å². The zero-order valence-electron chi connectivity index (χ0n) is 20.6. The fraction of sp³-hybridized carbons (Fsp3) is 0.161. The molecule has 0 spiro atoms. The highest BCUT2D eigenvalue weighted by Crippen LogP contribution is 2.44. The first-order chi connectivity index (χ1) is 18.7. The molecule has 1 unspecified atom stereocenters. The largest absolute Gasteiger partial charge is 0.480 e. The van der Waals surface area contributed by atoms with Crippen LogP contribution in [0.25, 0.3) is 22.3 Å². The van der Waals surface area contributed by atoms with Crippen LogP contribution in [0.5, 0.6) is 0 Å². The molecule has 0 fully saturated rings. The summed E-state index contributed by atoms with van der Waals surface area (Å²) < 4.78 is 45.2. The van der Waals surface area contributed by atoms with Crippen molar-refractivity contribution >= 4 is 12.1 Å². The summed E-state index contributed by atoms with van der Waals surface area (Å²) in [6, 6.07) is 25.8. The van der Waals surface area contributed by atoms with Crippen LogP contribution in [0.2, 0.25) is 0 Å². The zero-order chi connectivity index (χ0) is 27.6. The molecule has 1 aliphatic rings. The maximum absolute atomic E-state index is 13.3. The Labute approximate surface area is 222 Å². The molecular weight excluding hydrogens is 507 g/mol. The van der Waals surface area contributed by atoms with Crippen LogP contribution in [-0.4, -0.2) is 29.8 Å². The summed E-state index contributed by atoms with van der Waals surface area (Å²) in [6.45, 7) is 0.0209. The van der Waals surface area contributed by atoms with E-state index in [9.17, 15) is 27.9 Å². The van der Waals surface area contributed by atoms with Crippen LogP contribution in [-0.2, 0) is 22.1 Å². The molecule has 5 nitrogen and oxygen atoms in total. The maximum atomic E-state index is 13.3. The first kappa shape index (κ1) is 26.0. The summed E-state index contributed by atoms with van der Waals surface area (Å²) in [4.78, 5) is 24.8. The van der Waals surface area contributed by atoms with Crippen LogP contribution in [0.1, 0.15) is 28.2 Å². The Bertz CT molecular complexity index is 1490. The van der Waals surface area contributed by atoms with E-state index in [1.54, 1.807) is 24.3 Å². The van der Waals surface area contributed by atoms with Gasteiger partial charge in [-0.15, -0.1) is 0 Å². The molecule has 0 saturated heterocycles. The van der Waals surface area contributed by atoms with Gasteiger partial charge in [-0.1, -0.05) is 84.9 Å². The molecule has 0 radical (unpaired) electrons. The first-order valence-electron chi connectivity index (χ1n) is 12.3. The number of carbonyl (C=O) groups is 2. The monoisotopic (exact) mass is 531 g/mol. The molecule has 4 aromatic carbocycles. The Kier molecular flexibility index (Phi) is 7.11. The number of rotatable bonds is 7. The Balaban J connectivity index is 1.31. The third-order valence-electron chi connectivity index (χ3n) is 6.88. The number of alkyl carbamates (subject to hydrolysis) is 1. The van der Waals surface area contributed by atoms with E-state index in [0.29, 0.717) is 16.7 Å². The van der Waals surface area contributed by atoms with E-state index < -0.39 is 29.8 Å². The quantitative estimate of drug-likeness (QED) is 0.272. The van der Waals surface area contributed by atoms with Gasteiger partial charge in [0.25, 0.3) is 0 Å². The number of nitrogens with one attached hydrogen (secondary N) is 1. The smallest absolute Gasteiger partial charge is 0.416 e. The Morgan fingerprint density at radius 1 is 0.821 bits per heavy atom. The number of alkyl halides is 3. The minimum Gasteiger partial charge on any atom is -0.480 e. The van der Waals surface area contributed by atoms with Gasteiger partial charge in [0.1, 0.15) is 12.6 Å². The van der Waals surface area contributed by atoms with E-state index in [2.05, 4.69) is 5.32 Å². The number of carboxylic acid groups (broad SMARTS) is 1. The molecule has 2 N–H and O–H groups in total. The predicted octanol–water partition coefficient (Wildman–Crippen LogP) is 6.91. The van der Waals surface area contributed by atoms with Gasteiger partial charge in [-0.25, -0.2) is 9.59 Å². The minimum absolute atomic E-state index is 0.0209. The van der Waals surface area contributed by atoms with Gasteiger partial charge in [0, 0.05) is 12.3 Å². The van der Waals surface area contributed by atoms with Crippen molar-refractivity contribution in [3.8, 4) is 22.3 Å². The Hall–Kier alpha value is -4.59. The fourth-order valence-electron chi connectivity index (χ4n) is 5.05. The second-order valence-electron chi connectivity index (χ2n) is 9.30. The lowest BCUT2D eigenvalue weighted by molar-refractivity contribution is -0.139. The highest BCUT2D eigenvalue weighted by Gasteiger charge is 2.32. The summed E-state index contributed by atoms with van der Waals surface area (Å²) in [6.07, 6.45) is -5.55. The van der Waals surface area contributed by atoms with E-state index in [1.807, 2.05) is 48.5 Å². The van der Waals surface area contributed by atoms with E-state index in [1.165, 1.54) is 12.1 Å². The molecule has 4 aromatic rings. The SMILES string of the molecule is O=C(NC(Cc1ccccc1-c1cccc(C(F)(F)F)c1)C(=O)O)OCC1c2ccccc2-c2ccccc21. The number of fused-ring (bicyclic) bond motifs is 3. The molecule has 39 heavy (non-hydrogen) atoms. The van der Waals surface area contributed by atoms with Crippen LogP contribution in [0, 0.1) is 0 Å². The van der Waals surface area contributed by atoms with Crippen LogP contribution < -0.4 is 5.32 Å². The number of hydrogen-bond donors (Lipinski definition) is 2. The zero-order valence-corrected chi connectivity index (χ0v) is 20.6. The van der Waals surface area contributed by atoms with Crippen molar-refractivity contribution in [2.45, 2.75) is 24.6 Å². The van der Waals surface area contributed by atoms with Gasteiger partial charge >= 0.3 is 18.2 Å². The number of benzene rings is 4. The topological polar surface area (TPSA) is 75.6 Å². The van der Waals surface area contributed by atoms with Crippen molar-refractivity contribution in [2.24, 2.45) is 0 Å². The molecule has 0 bridgehead atoms. The summed E-state index contributed by atoms with van der Waals surface area (Å²) in [5, 5.41) is 12.2. The van der Waals surface area contributed by atoms with Crippen molar-refractivity contribution in [2.75, 3.05) is 6.61 Å². The fourth-order valence-corrected chi connectivity index (χ4v) is 5.05. The molecule has 0 aromatic heterocycles. The van der Waals surface area contributed by atoms with Crippen molar-refractivity contribution in [1.82, 2.24) is 5.32 Å². The van der Waals surface area contributed by atoms with Gasteiger partial charge in [0.2, 0.25) is 0 Å². The summed E-state index contributed by atoms with van der Waals surface area (Å²) >= 11 is 0. The lowest BCUT2D eigenvalue weighted by Crippen LogP contribution is -2.43. The second-order valence-corrected chi connectivity index (χ2v) is 9.30. The molecule has 1 atom stereocenters. The number of ether oxygens (including phenoxy) is 1. The normalized spacial score (nSPS) is 13.3. The van der Waals surface area contributed by atoms with Crippen molar-refractivity contribution in [3.05, 3.63) is 119 Å². The average Bonchev–Trinajstić information content (AvgIpc) is 3.25. The number of amides is 1. The average molecular weight is 532 g/mol. The van der Waals surface area contributed by atoms with E-state index in [0.717, 1.165) is 34.4 Å². The molecule has 1 aliphatic carbocycles. The summed E-state index contributed by atoms with van der Waals surface area (Å²) in [5.41, 5.74) is 4.60. The lowest BCUT2D eigenvalue weighted by Gasteiger charge is -2.19. The Morgan fingerprint density at radius 2 is 1.41 bits per heavy atom. The molecule has 198 valence electrons. The first-order valence-corrected chi connectivity index (χ1v) is 12.3. The third kappa shape index (κ3) is 5.50. The lowest BCUT2D eigenvalue weighted by atomic mass is 9.94. The summed E-state index contributed by atoms with van der Waals surface area (Å²) in [7, 11) is 0. The number of carboxylic acids is 1. The standard InChI is InChI=1S/C31H24F3NO4/c32-31(33,34)21-10-7-9-19(16-21)22-11-2-1-8-20(22)17-28(29(36)37)35-30(38)39-18-27-25-14-5-3-12-23(25)24-13-4-6-15-26(24)27/h1-16,27-28H,17-18H2,(H,35,38)(H,36,37). The van der Waals surface area contributed by atoms with E-state index in [4.69, 9.17) is 4.74 Å². The molecule has 0 aliphatic heterocycles. The second kappa shape index (κ2) is 10.6. The molecule has 5 rings (SSSR count). The molecule has 8 heteroatoms. The maximum Gasteiger partial charge on any atom is 0.416 e. The molecule has 1 amide bonds. The number of carbonyl (C=O) groups excluding carboxylic acids is 1. The number of hydrogen-bond acceptors (Lipinski definition) is 3. The van der Waals surface area contributed by atoms with Crippen LogP contribution in [0.15, 0.2) is 97.1 Å². The van der Waals surface area contributed by atoms with Gasteiger partial charge in [-0.05, 0) is 51.1 Å². The van der Waals surface area contributed by atoms with Crippen LogP contribution >= 0.6 is 0 Å². The minimum atomic E-state index is -4.51.